The molecule has 1 N–H and O–H groups in total. The molecule has 0 spiro atoms. The van der Waals surface area contributed by atoms with E-state index in [1.54, 1.807) is 7.11 Å². The van der Waals surface area contributed by atoms with Crippen LogP contribution in [0.15, 0.2) is 46.9 Å². The Morgan fingerprint density at radius 3 is 2.67 bits per heavy atom. The molecule has 124 valence electrons. The van der Waals surface area contributed by atoms with Gasteiger partial charge in [0.25, 0.3) is 0 Å². The summed E-state index contributed by atoms with van der Waals surface area (Å²) in [6.07, 6.45) is 1.12. The Balaban J connectivity index is 1.50. The lowest BCUT2D eigenvalue weighted by Gasteiger charge is -2.06. The standard InChI is InChI=1S/C19H20N2O3/c1-13-21-17-8-5-15(11-18(17)24-13)12-19(22)20-10-9-14-3-6-16(23-2)7-4-14/h3-8,11H,9-10,12H2,1-2H3,(H,20,22). The van der Waals surface area contributed by atoms with Crippen molar-refractivity contribution in [2.24, 2.45) is 0 Å². The minimum absolute atomic E-state index is 0.000834. The molecule has 5 nitrogen and oxygen atoms in total. The highest BCUT2D eigenvalue weighted by atomic mass is 16.5. The lowest BCUT2D eigenvalue weighted by molar-refractivity contribution is -0.120. The number of aromatic nitrogens is 1. The van der Waals surface area contributed by atoms with Gasteiger partial charge in [-0.3, -0.25) is 4.79 Å². The molecule has 0 saturated carbocycles. The molecule has 0 aliphatic carbocycles. The Bertz CT molecular complexity index is 837. The molecule has 24 heavy (non-hydrogen) atoms. The quantitative estimate of drug-likeness (QED) is 0.757. The molecule has 0 aliphatic rings. The predicted molar refractivity (Wildman–Crippen MR) is 92.2 cm³/mol. The highest BCUT2D eigenvalue weighted by Gasteiger charge is 2.07. The molecule has 0 bridgehead atoms. The van der Waals surface area contributed by atoms with Crippen molar-refractivity contribution >= 4 is 17.0 Å². The van der Waals surface area contributed by atoms with Gasteiger partial charge >= 0.3 is 0 Å². The fourth-order valence-electron chi connectivity index (χ4n) is 2.58. The number of ether oxygens (including phenoxy) is 1. The number of fused-ring (bicyclic) bond motifs is 1. The molecule has 2 aromatic carbocycles. The number of carbonyl (C=O) groups is 1. The van der Waals surface area contributed by atoms with Crippen LogP contribution in [0.25, 0.3) is 11.1 Å². The topological polar surface area (TPSA) is 64.4 Å². The molecule has 0 unspecified atom stereocenters. The first kappa shape index (κ1) is 16.1. The molecule has 1 heterocycles. The number of hydrogen-bond acceptors (Lipinski definition) is 4. The second kappa shape index (κ2) is 7.17. The van der Waals surface area contributed by atoms with E-state index in [1.165, 1.54) is 0 Å². The van der Waals surface area contributed by atoms with Gasteiger partial charge in [0.2, 0.25) is 5.91 Å². The maximum atomic E-state index is 12.1. The number of hydrogen-bond donors (Lipinski definition) is 1. The SMILES string of the molecule is COc1ccc(CCNC(=O)Cc2ccc3nc(C)oc3c2)cc1. The summed E-state index contributed by atoms with van der Waals surface area (Å²) in [5, 5.41) is 2.95. The molecule has 0 fully saturated rings. The number of rotatable bonds is 6. The Hall–Kier alpha value is -2.82. The van der Waals surface area contributed by atoms with Gasteiger partial charge < -0.3 is 14.5 Å². The molecular formula is C19H20N2O3. The van der Waals surface area contributed by atoms with E-state index in [0.717, 1.165) is 34.4 Å². The van der Waals surface area contributed by atoms with Gasteiger partial charge in [0.15, 0.2) is 11.5 Å². The summed E-state index contributed by atoms with van der Waals surface area (Å²) in [5.74, 6) is 1.46. The van der Waals surface area contributed by atoms with Crippen LogP contribution < -0.4 is 10.1 Å². The molecule has 1 aromatic heterocycles. The maximum Gasteiger partial charge on any atom is 0.224 e. The van der Waals surface area contributed by atoms with E-state index in [9.17, 15) is 4.79 Å². The molecular weight excluding hydrogens is 304 g/mol. The molecule has 0 radical (unpaired) electrons. The van der Waals surface area contributed by atoms with Crippen molar-refractivity contribution < 1.29 is 13.9 Å². The van der Waals surface area contributed by atoms with Crippen LogP contribution in [0.5, 0.6) is 5.75 Å². The molecule has 0 atom stereocenters. The number of nitrogens with one attached hydrogen (secondary N) is 1. The summed E-state index contributed by atoms with van der Waals surface area (Å²) in [4.78, 5) is 16.3. The third-order valence-corrected chi connectivity index (χ3v) is 3.82. The van der Waals surface area contributed by atoms with Gasteiger partial charge in [0.1, 0.15) is 11.3 Å². The Labute approximate surface area is 140 Å². The summed E-state index contributed by atoms with van der Waals surface area (Å²) >= 11 is 0. The van der Waals surface area contributed by atoms with Gasteiger partial charge in [-0.2, -0.15) is 0 Å². The van der Waals surface area contributed by atoms with Crippen molar-refractivity contribution in [3.63, 3.8) is 0 Å². The molecule has 0 aliphatic heterocycles. The molecule has 3 aromatic rings. The van der Waals surface area contributed by atoms with E-state index in [0.29, 0.717) is 18.9 Å². The monoisotopic (exact) mass is 324 g/mol. The normalized spacial score (nSPS) is 10.8. The third kappa shape index (κ3) is 3.93. The zero-order chi connectivity index (χ0) is 16.9. The number of aryl methyl sites for hydroxylation is 1. The van der Waals surface area contributed by atoms with E-state index in [-0.39, 0.29) is 5.91 Å². The average molecular weight is 324 g/mol. The van der Waals surface area contributed by atoms with Crippen LogP contribution >= 0.6 is 0 Å². The smallest absolute Gasteiger partial charge is 0.224 e. The van der Waals surface area contributed by atoms with Crippen LogP contribution in [0, 0.1) is 6.92 Å². The number of nitrogens with zero attached hydrogens (tertiary/aromatic N) is 1. The summed E-state index contributed by atoms with van der Waals surface area (Å²) in [7, 11) is 1.65. The highest BCUT2D eigenvalue weighted by Crippen LogP contribution is 2.17. The van der Waals surface area contributed by atoms with Gasteiger partial charge in [-0.1, -0.05) is 18.2 Å². The minimum atomic E-state index is -0.000834. The fraction of sp³-hybridized carbons (Fsp3) is 0.263. The third-order valence-electron chi connectivity index (χ3n) is 3.82. The number of oxazole rings is 1. The van der Waals surface area contributed by atoms with E-state index in [2.05, 4.69) is 10.3 Å². The Morgan fingerprint density at radius 2 is 1.92 bits per heavy atom. The second-order valence-corrected chi connectivity index (χ2v) is 5.66. The minimum Gasteiger partial charge on any atom is -0.497 e. The Kier molecular flexibility index (Phi) is 4.79. The fourth-order valence-corrected chi connectivity index (χ4v) is 2.58. The second-order valence-electron chi connectivity index (χ2n) is 5.66. The lowest BCUT2D eigenvalue weighted by atomic mass is 10.1. The maximum absolute atomic E-state index is 12.1. The van der Waals surface area contributed by atoms with Gasteiger partial charge in [0.05, 0.1) is 13.5 Å². The van der Waals surface area contributed by atoms with Gasteiger partial charge in [0, 0.05) is 13.5 Å². The molecule has 3 rings (SSSR count). The van der Waals surface area contributed by atoms with E-state index in [4.69, 9.17) is 9.15 Å². The summed E-state index contributed by atoms with van der Waals surface area (Å²) in [6, 6.07) is 13.5. The lowest BCUT2D eigenvalue weighted by Crippen LogP contribution is -2.27. The average Bonchev–Trinajstić information content (AvgIpc) is 2.95. The van der Waals surface area contributed by atoms with Crippen LogP contribution in [0.4, 0.5) is 0 Å². The first-order valence-electron chi connectivity index (χ1n) is 7.90. The van der Waals surface area contributed by atoms with Crippen molar-refractivity contribution in [3.8, 4) is 5.75 Å². The first-order chi connectivity index (χ1) is 11.6. The largest absolute Gasteiger partial charge is 0.497 e. The zero-order valence-electron chi connectivity index (χ0n) is 13.8. The summed E-state index contributed by atoms with van der Waals surface area (Å²) in [5.41, 5.74) is 3.61. The highest BCUT2D eigenvalue weighted by molar-refractivity contribution is 5.81. The number of methoxy groups -OCH3 is 1. The Morgan fingerprint density at radius 1 is 1.17 bits per heavy atom. The van der Waals surface area contributed by atoms with Gasteiger partial charge in [-0.05, 0) is 41.8 Å². The number of amides is 1. The predicted octanol–water partition coefficient (Wildman–Crippen LogP) is 3.05. The van der Waals surface area contributed by atoms with Crippen molar-refractivity contribution in [2.45, 2.75) is 19.8 Å². The first-order valence-corrected chi connectivity index (χ1v) is 7.90. The number of carbonyl (C=O) groups excluding carboxylic acids is 1. The number of benzene rings is 2. The van der Waals surface area contributed by atoms with E-state index < -0.39 is 0 Å². The van der Waals surface area contributed by atoms with Gasteiger partial charge in [-0.25, -0.2) is 4.98 Å². The van der Waals surface area contributed by atoms with Crippen LogP contribution in [0.3, 0.4) is 0 Å². The van der Waals surface area contributed by atoms with E-state index >= 15 is 0 Å². The zero-order valence-corrected chi connectivity index (χ0v) is 13.8. The van der Waals surface area contributed by atoms with Gasteiger partial charge in [-0.15, -0.1) is 0 Å². The summed E-state index contributed by atoms with van der Waals surface area (Å²) < 4.78 is 10.6. The van der Waals surface area contributed by atoms with Crippen LogP contribution in [-0.2, 0) is 17.6 Å². The van der Waals surface area contributed by atoms with Crippen molar-refractivity contribution in [1.29, 1.82) is 0 Å². The van der Waals surface area contributed by atoms with Crippen molar-refractivity contribution in [3.05, 3.63) is 59.5 Å². The van der Waals surface area contributed by atoms with Crippen LogP contribution in [0.2, 0.25) is 0 Å². The van der Waals surface area contributed by atoms with Crippen molar-refractivity contribution in [1.82, 2.24) is 10.3 Å². The molecule has 0 saturated heterocycles. The van der Waals surface area contributed by atoms with Crippen LogP contribution in [-0.4, -0.2) is 24.5 Å². The van der Waals surface area contributed by atoms with E-state index in [1.807, 2.05) is 49.4 Å². The molecule has 5 heteroatoms. The van der Waals surface area contributed by atoms with Crippen LogP contribution in [0.1, 0.15) is 17.0 Å². The van der Waals surface area contributed by atoms with Crippen molar-refractivity contribution in [2.75, 3.05) is 13.7 Å². The summed E-state index contributed by atoms with van der Waals surface area (Å²) in [6.45, 7) is 2.42. The molecule has 1 amide bonds.